The number of hydrogen-bond donors (Lipinski definition) is 2. The Morgan fingerprint density at radius 1 is 1.03 bits per heavy atom. The van der Waals surface area contributed by atoms with Gasteiger partial charge in [-0.25, -0.2) is 0 Å². The van der Waals surface area contributed by atoms with Crippen LogP contribution in [0.5, 0.6) is 5.75 Å². The number of carbonyl (C=O) groups is 3. The Kier molecular flexibility index (Phi) is 7.76. The van der Waals surface area contributed by atoms with E-state index in [4.69, 9.17) is 9.47 Å². The van der Waals surface area contributed by atoms with Crippen LogP contribution in [0.4, 0.5) is 17.1 Å². The van der Waals surface area contributed by atoms with Gasteiger partial charge in [0.1, 0.15) is 5.75 Å². The molecule has 2 fully saturated rings. The molecule has 0 aromatic heterocycles. The SMILES string of the molecule is CCOc1ccccc1N1CC(C(=O)Nc2ccc(NC(=O)CN3CCOCC3)cc2)CC1=O. The van der Waals surface area contributed by atoms with Crippen molar-refractivity contribution >= 4 is 34.8 Å². The van der Waals surface area contributed by atoms with E-state index in [1.807, 2.05) is 36.1 Å². The van der Waals surface area contributed by atoms with Gasteiger partial charge >= 0.3 is 0 Å². The number of benzene rings is 2. The third-order valence-corrected chi connectivity index (χ3v) is 5.86. The number of nitrogens with one attached hydrogen (secondary N) is 2. The van der Waals surface area contributed by atoms with Crippen molar-refractivity contribution in [2.45, 2.75) is 13.3 Å². The molecule has 2 heterocycles. The number of carbonyl (C=O) groups excluding carboxylic acids is 3. The second kappa shape index (κ2) is 11.1. The lowest BCUT2D eigenvalue weighted by atomic mass is 10.1. The lowest BCUT2D eigenvalue weighted by Gasteiger charge is -2.25. The summed E-state index contributed by atoms with van der Waals surface area (Å²) in [4.78, 5) is 41.4. The van der Waals surface area contributed by atoms with Gasteiger partial charge in [-0.1, -0.05) is 12.1 Å². The first-order valence-corrected chi connectivity index (χ1v) is 11.6. The molecular weight excluding hydrogens is 436 g/mol. The highest BCUT2D eigenvalue weighted by molar-refractivity contribution is 6.04. The van der Waals surface area contributed by atoms with Gasteiger partial charge in [0.2, 0.25) is 17.7 Å². The molecule has 34 heavy (non-hydrogen) atoms. The van der Waals surface area contributed by atoms with Gasteiger partial charge in [0.15, 0.2) is 0 Å². The molecule has 0 aliphatic carbocycles. The van der Waals surface area contributed by atoms with E-state index in [1.54, 1.807) is 29.2 Å². The summed E-state index contributed by atoms with van der Waals surface area (Å²) in [6, 6.07) is 14.3. The first-order valence-electron chi connectivity index (χ1n) is 11.6. The highest BCUT2D eigenvalue weighted by atomic mass is 16.5. The zero-order chi connectivity index (χ0) is 23.9. The summed E-state index contributed by atoms with van der Waals surface area (Å²) in [5, 5.41) is 5.75. The molecule has 2 aromatic rings. The van der Waals surface area contributed by atoms with Crippen molar-refractivity contribution in [1.82, 2.24) is 4.90 Å². The average molecular weight is 467 g/mol. The van der Waals surface area contributed by atoms with Crippen molar-refractivity contribution in [1.29, 1.82) is 0 Å². The molecule has 9 nitrogen and oxygen atoms in total. The Hall–Kier alpha value is -3.43. The van der Waals surface area contributed by atoms with Gasteiger partial charge in [-0.15, -0.1) is 0 Å². The minimum absolute atomic E-state index is 0.0874. The van der Waals surface area contributed by atoms with Gasteiger partial charge in [0.05, 0.1) is 38.0 Å². The highest BCUT2D eigenvalue weighted by Gasteiger charge is 2.36. The maximum Gasteiger partial charge on any atom is 0.238 e. The standard InChI is InChI=1S/C25H30N4O5/c1-2-34-22-6-4-3-5-21(22)29-16-18(15-24(29)31)25(32)27-20-9-7-19(8-10-20)26-23(30)17-28-11-13-33-14-12-28/h3-10,18H,2,11-17H2,1H3,(H,26,30)(H,27,32). The van der Waals surface area contributed by atoms with E-state index in [1.165, 1.54) is 0 Å². The fourth-order valence-electron chi connectivity index (χ4n) is 4.12. The molecule has 2 aliphatic rings. The minimum atomic E-state index is -0.463. The number of amides is 3. The van der Waals surface area contributed by atoms with Crippen LogP contribution in [0.15, 0.2) is 48.5 Å². The first kappa shape index (κ1) is 23.7. The molecule has 0 spiro atoms. The quantitative estimate of drug-likeness (QED) is 0.620. The van der Waals surface area contributed by atoms with E-state index in [9.17, 15) is 14.4 Å². The van der Waals surface area contributed by atoms with Gasteiger partial charge in [-0.3, -0.25) is 19.3 Å². The summed E-state index contributed by atoms with van der Waals surface area (Å²) >= 11 is 0. The number of morpholine rings is 1. The number of ether oxygens (including phenoxy) is 2. The van der Waals surface area contributed by atoms with E-state index in [0.29, 0.717) is 55.7 Å². The Morgan fingerprint density at radius 2 is 1.71 bits per heavy atom. The van der Waals surface area contributed by atoms with Crippen molar-refractivity contribution in [3.63, 3.8) is 0 Å². The lowest BCUT2D eigenvalue weighted by Crippen LogP contribution is -2.41. The van der Waals surface area contributed by atoms with E-state index in [2.05, 4.69) is 10.6 Å². The summed E-state index contributed by atoms with van der Waals surface area (Å²) < 4.78 is 10.9. The van der Waals surface area contributed by atoms with Crippen LogP contribution in [-0.4, -0.2) is 68.6 Å². The van der Waals surface area contributed by atoms with Gasteiger partial charge in [-0.2, -0.15) is 0 Å². The van der Waals surface area contributed by atoms with Crippen molar-refractivity contribution in [3.8, 4) is 5.75 Å². The molecule has 1 unspecified atom stereocenters. The van der Waals surface area contributed by atoms with Crippen LogP contribution in [0.2, 0.25) is 0 Å². The zero-order valence-electron chi connectivity index (χ0n) is 19.3. The summed E-state index contributed by atoms with van der Waals surface area (Å²) in [5.74, 6) is -0.240. The van der Waals surface area contributed by atoms with Crippen molar-refractivity contribution in [2.75, 3.05) is 61.5 Å². The zero-order valence-corrected chi connectivity index (χ0v) is 19.3. The van der Waals surface area contributed by atoms with Crippen LogP contribution in [0.3, 0.4) is 0 Å². The average Bonchev–Trinajstić information content (AvgIpc) is 3.23. The van der Waals surface area contributed by atoms with Gasteiger partial charge < -0.3 is 25.0 Å². The van der Waals surface area contributed by atoms with Crippen LogP contribution < -0.4 is 20.3 Å². The second-order valence-electron chi connectivity index (χ2n) is 8.31. The van der Waals surface area contributed by atoms with Crippen LogP contribution in [0.25, 0.3) is 0 Å². The molecule has 0 saturated carbocycles. The fourth-order valence-corrected chi connectivity index (χ4v) is 4.12. The van der Waals surface area contributed by atoms with Gasteiger partial charge in [-0.05, 0) is 43.3 Å². The number of hydrogen-bond acceptors (Lipinski definition) is 6. The fraction of sp³-hybridized carbons (Fsp3) is 0.400. The van der Waals surface area contributed by atoms with Crippen molar-refractivity contribution < 1.29 is 23.9 Å². The monoisotopic (exact) mass is 466 g/mol. The summed E-state index contributed by atoms with van der Waals surface area (Å²) in [5.41, 5.74) is 1.95. The van der Waals surface area contributed by atoms with Crippen molar-refractivity contribution in [3.05, 3.63) is 48.5 Å². The molecule has 2 N–H and O–H groups in total. The third kappa shape index (κ3) is 5.92. The third-order valence-electron chi connectivity index (χ3n) is 5.86. The number of para-hydroxylation sites is 2. The smallest absolute Gasteiger partial charge is 0.238 e. The predicted molar refractivity (Wildman–Crippen MR) is 129 cm³/mol. The molecule has 9 heteroatoms. The Morgan fingerprint density at radius 3 is 2.41 bits per heavy atom. The molecule has 2 aliphatic heterocycles. The van der Waals surface area contributed by atoms with Crippen LogP contribution >= 0.6 is 0 Å². The molecule has 2 saturated heterocycles. The van der Waals surface area contributed by atoms with Gasteiger partial charge in [0, 0.05) is 37.4 Å². The molecule has 180 valence electrons. The van der Waals surface area contributed by atoms with Crippen LogP contribution in [0, 0.1) is 5.92 Å². The van der Waals surface area contributed by atoms with E-state index in [0.717, 1.165) is 13.1 Å². The largest absolute Gasteiger partial charge is 0.492 e. The topological polar surface area (TPSA) is 100 Å². The minimum Gasteiger partial charge on any atom is -0.492 e. The first-order chi connectivity index (χ1) is 16.5. The molecule has 0 bridgehead atoms. The summed E-state index contributed by atoms with van der Waals surface area (Å²) in [6.45, 7) is 5.78. The van der Waals surface area contributed by atoms with Crippen molar-refractivity contribution in [2.24, 2.45) is 5.92 Å². The molecule has 3 amide bonds. The number of anilines is 3. The number of rotatable bonds is 8. The van der Waals surface area contributed by atoms with E-state index < -0.39 is 5.92 Å². The Balaban J connectivity index is 1.31. The molecule has 1 atom stereocenters. The number of nitrogens with zero attached hydrogens (tertiary/aromatic N) is 2. The Bertz CT molecular complexity index is 1020. The molecule has 4 rings (SSSR count). The molecular formula is C25H30N4O5. The normalized spacial score (nSPS) is 18.6. The maximum absolute atomic E-state index is 12.8. The maximum atomic E-state index is 12.8. The predicted octanol–water partition coefficient (Wildman–Crippen LogP) is 2.35. The Labute approximate surface area is 199 Å². The lowest BCUT2D eigenvalue weighted by molar-refractivity contribution is -0.122. The summed E-state index contributed by atoms with van der Waals surface area (Å²) in [6.07, 6.45) is 0.141. The van der Waals surface area contributed by atoms with E-state index >= 15 is 0 Å². The highest BCUT2D eigenvalue weighted by Crippen LogP contribution is 2.33. The van der Waals surface area contributed by atoms with Crippen LogP contribution in [-0.2, 0) is 19.1 Å². The molecule has 2 aromatic carbocycles. The van der Waals surface area contributed by atoms with Crippen LogP contribution in [0.1, 0.15) is 13.3 Å². The summed E-state index contributed by atoms with van der Waals surface area (Å²) in [7, 11) is 0. The molecule has 0 radical (unpaired) electrons. The second-order valence-corrected chi connectivity index (χ2v) is 8.31. The van der Waals surface area contributed by atoms with E-state index in [-0.39, 0.29) is 24.1 Å². The van der Waals surface area contributed by atoms with Gasteiger partial charge in [0.25, 0.3) is 0 Å².